The molecular formula is C49H39NSSi. The minimum Gasteiger partial charge on any atom is -0.355 e. The van der Waals surface area contributed by atoms with Crippen molar-refractivity contribution in [1.82, 2.24) is 0 Å². The summed E-state index contributed by atoms with van der Waals surface area (Å²) in [5.74, 6) is 0.330. The molecule has 9 rings (SSSR count). The third-order valence-electron chi connectivity index (χ3n) is 10.7. The van der Waals surface area contributed by atoms with Gasteiger partial charge in [-0.1, -0.05) is 171 Å². The second-order valence-corrected chi connectivity index (χ2v) is 18.6. The molecule has 0 amide bonds. The lowest BCUT2D eigenvalue weighted by Gasteiger charge is -2.39. The third kappa shape index (κ3) is 5.63. The van der Waals surface area contributed by atoms with Crippen molar-refractivity contribution in [3.05, 3.63) is 205 Å². The number of benzene rings is 7. The predicted molar refractivity (Wildman–Crippen MR) is 228 cm³/mol. The van der Waals surface area contributed by atoms with E-state index in [2.05, 4.69) is 206 Å². The van der Waals surface area contributed by atoms with Crippen molar-refractivity contribution in [2.75, 3.05) is 5.32 Å². The van der Waals surface area contributed by atoms with Crippen LogP contribution in [0.5, 0.6) is 0 Å². The van der Waals surface area contributed by atoms with Gasteiger partial charge in [0, 0.05) is 37.1 Å². The summed E-state index contributed by atoms with van der Waals surface area (Å²) >= 11 is 1.88. The van der Waals surface area contributed by atoms with Crippen LogP contribution in [0.15, 0.2) is 199 Å². The zero-order valence-electron chi connectivity index (χ0n) is 29.2. The summed E-state index contributed by atoms with van der Waals surface area (Å²) in [6, 6.07) is 67.4. The van der Waals surface area contributed by atoms with Gasteiger partial charge in [0.2, 0.25) is 0 Å². The number of hydrogen-bond donors (Lipinski definition) is 1. The van der Waals surface area contributed by atoms with Crippen molar-refractivity contribution >= 4 is 72.1 Å². The number of thiophene rings is 1. The number of anilines is 2. The summed E-state index contributed by atoms with van der Waals surface area (Å²) in [6.45, 7) is 2.41. The Balaban J connectivity index is 1.32. The van der Waals surface area contributed by atoms with Crippen LogP contribution in [0.3, 0.4) is 0 Å². The molecule has 1 atom stereocenters. The number of hydrogen-bond acceptors (Lipinski definition) is 2. The van der Waals surface area contributed by atoms with Crippen LogP contribution in [-0.4, -0.2) is 8.07 Å². The summed E-state index contributed by atoms with van der Waals surface area (Å²) in [7, 11) is -2.90. The molecule has 1 nitrogen and oxygen atoms in total. The van der Waals surface area contributed by atoms with Crippen molar-refractivity contribution in [3.63, 3.8) is 0 Å². The molecule has 3 heteroatoms. The lowest BCUT2D eigenvalue weighted by molar-refractivity contribution is 0.756. The van der Waals surface area contributed by atoms with Gasteiger partial charge in [-0.05, 0) is 80.1 Å². The average Bonchev–Trinajstić information content (AvgIpc) is 3.58. The van der Waals surface area contributed by atoms with E-state index in [9.17, 15) is 0 Å². The van der Waals surface area contributed by atoms with Gasteiger partial charge in [0.1, 0.15) is 0 Å². The summed E-state index contributed by atoms with van der Waals surface area (Å²) in [5, 5.41) is 12.1. The maximum Gasteiger partial charge on any atom is 0.179 e. The average molecular weight is 702 g/mol. The molecule has 0 spiro atoms. The van der Waals surface area contributed by atoms with Gasteiger partial charge in [0.05, 0.1) is 0 Å². The molecule has 0 unspecified atom stereocenters. The summed E-state index contributed by atoms with van der Waals surface area (Å²) < 4.78 is 2.66. The van der Waals surface area contributed by atoms with E-state index in [1.807, 2.05) is 11.3 Å². The fraction of sp³-hybridized carbons (Fsp3) is 0.0612. The predicted octanol–water partition coefficient (Wildman–Crippen LogP) is 11.5. The van der Waals surface area contributed by atoms with Gasteiger partial charge in [0.25, 0.3) is 0 Å². The van der Waals surface area contributed by atoms with Crippen LogP contribution < -0.4 is 20.9 Å². The molecule has 0 bridgehead atoms. The fourth-order valence-corrected chi connectivity index (χ4v) is 14.6. The molecule has 250 valence electrons. The number of para-hydroxylation sites is 2. The van der Waals surface area contributed by atoms with Crippen molar-refractivity contribution in [3.8, 4) is 11.1 Å². The largest absolute Gasteiger partial charge is 0.355 e. The Morgan fingerprint density at radius 3 is 1.92 bits per heavy atom. The summed E-state index contributed by atoms with van der Waals surface area (Å²) in [5.41, 5.74) is 7.43. The van der Waals surface area contributed by atoms with Crippen LogP contribution in [-0.2, 0) is 0 Å². The van der Waals surface area contributed by atoms with E-state index in [1.165, 1.54) is 63.2 Å². The smallest absolute Gasteiger partial charge is 0.179 e. The second-order valence-electron chi connectivity index (χ2n) is 13.8. The molecule has 52 heavy (non-hydrogen) atoms. The summed E-state index contributed by atoms with van der Waals surface area (Å²) in [4.78, 5) is 0. The fourth-order valence-electron chi connectivity index (χ4n) is 8.28. The molecule has 8 aromatic rings. The Morgan fingerprint density at radius 1 is 0.538 bits per heavy atom. The number of allylic oxidation sites excluding steroid dienone is 4. The van der Waals surface area contributed by atoms with Gasteiger partial charge < -0.3 is 5.32 Å². The van der Waals surface area contributed by atoms with Crippen molar-refractivity contribution in [1.29, 1.82) is 0 Å². The van der Waals surface area contributed by atoms with E-state index >= 15 is 0 Å². The molecule has 0 aliphatic heterocycles. The first-order valence-corrected chi connectivity index (χ1v) is 21.0. The summed E-state index contributed by atoms with van der Waals surface area (Å²) in [6.07, 6.45) is 5.90. The van der Waals surface area contributed by atoms with E-state index < -0.39 is 8.07 Å². The zero-order chi connectivity index (χ0) is 34.9. The van der Waals surface area contributed by atoms with Crippen molar-refractivity contribution in [2.45, 2.75) is 13.3 Å². The molecule has 1 aliphatic rings. The Bertz CT molecular complexity index is 2540. The molecule has 1 heterocycles. The molecule has 7 aromatic carbocycles. The van der Waals surface area contributed by atoms with E-state index in [0.29, 0.717) is 5.92 Å². The van der Waals surface area contributed by atoms with Crippen molar-refractivity contribution in [2.24, 2.45) is 5.92 Å². The number of fused-ring (bicyclic) bond motifs is 3. The molecule has 0 radical (unpaired) electrons. The highest BCUT2D eigenvalue weighted by Crippen LogP contribution is 2.42. The minimum absolute atomic E-state index is 0.330. The maximum absolute atomic E-state index is 3.79. The maximum atomic E-state index is 3.79. The van der Waals surface area contributed by atoms with Gasteiger partial charge >= 0.3 is 0 Å². The van der Waals surface area contributed by atoms with Gasteiger partial charge in [0.15, 0.2) is 8.07 Å². The van der Waals surface area contributed by atoms with Crippen LogP contribution in [0.4, 0.5) is 11.4 Å². The van der Waals surface area contributed by atoms with Crippen LogP contribution >= 0.6 is 11.3 Å². The highest BCUT2D eigenvalue weighted by molar-refractivity contribution is 7.25. The molecule has 1 N–H and O–H groups in total. The molecule has 1 aromatic heterocycles. The first-order chi connectivity index (χ1) is 25.7. The standard InChI is InChI=1S/C49H39NSSi/c1-35-17-15-30-48(49(35)44-27-11-13-28-45(44)50-38-19-5-2-6-20-38)52(39-21-7-3-8-22-39,40-23-9-4-10-24-40)41-25-16-18-36(33-41)37-31-32-43-42-26-12-14-29-46(42)51-47(43)34-37/h2-16,18-35,50H,17H2,1H3/t35-/m0/s1. The highest BCUT2D eigenvalue weighted by atomic mass is 32.1. The first-order valence-electron chi connectivity index (χ1n) is 18.2. The lowest BCUT2D eigenvalue weighted by Crippen LogP contribution is -2.69. The first kappa shape index (κ1) is 32.2. The van der Waals surface area contributed by atoms with Crippen LogP contribution in [0, 0.1) is 5.92 Å². The van der Waals surface area contributed by atoms with Gasteiger partial charge in [-0.25, -0.2) is 0 Å². The Hall–Kier alpha value is -5.74. The number of nitrogens with one attached hydrogen (secondary N) is 1. The van der Waals surface area contributed by atoms with Gasteiger partial charge in [-0.2, -0.15) is 0 Å². The molecule has 0 saturated carbocycles. The van der Waals surface area contributed by atoms with E-state index in [1.54, 1.807) is 0 Å². The van der Waals surface area contributed by atoms with Crippen LogP contribution in [0.1, 0.15) is 18.9 Å². The zero-order valence-corrected chi connectivity index (χ0v) is 31.0. The van der Waals surface area contributed by atoms with Crippen LogP contribution in [0.25, 0.3) is 36.9 Å². The number of rotatable bonds is 8. The van der Waals surface area contributed by atoms with E-state index in [-0.39, 0.29) is 0 Å². The topological polar surface area (TPSA) is 12.0 Å². The third-order valence-corrected chi connectivity index (χ3v) is 16.6. The molecule has 0 fully saturated rings. The second kappa shape index (κ2) is 13.8. The quantitative estimate of drug-likeness (QED) is 0.123. The highest BCUT2D eigenvalue weighted by Gasteiger charge is 2.45. The monoisotopic (exact) mass is 701 g/mol. The molecule has 1 aliphatic carbocycles. The lowest BCUT2D eigenvalue weighted by atomic mass is 9.87. The Kier molecular flexibility index (Phi) is 8.52. The van der Waals surface area contributed by atoms with E-state index in [0.717, 1.165) is 17.8 Å². The SMILES string of the molecule is C[C@H]1CC=CC([Si](c2ccccc2)(c2ccccc2)c2cccc(-c3ccc4c(c3)sc3ccccc34)c2)=C1c1ccccc1Nc1ccccc1. The Morgan fingerprint density at radius 2 is 1.15 bits per heavy atom. The molecular weight excluding hydrogens is 663 g/mol. The van der Waals surface area contributed by atoms with E-state index in [4.69, 9.17) is 0 Å². The molecule has 0 saturated heterocycles. The Labute approximate surface area is 311 Å². The van der Waals surface area contributed by atoms with Gasteiger partial charge in [-0.15, -0.1) is 11.3 Å². The normalized spacial score (nSPS) is 14.6. The minimum atomic E-state index is -2.90. The van der Waals surface area contributed by atoms with Gasteiger partial charge in [-0.3, -0.25) is 0 Å². The van der Waals surface area contributed by atoms with Crippen molar-refractivity contribution < 1.29 is 0 Å². The van der Waals surface area contributed by atoms with Crippen LogP contribution in [0.2, 0.25) is 0 Å².